The van der Waals surface area contributed by atoms with Crippen LogP contribution in [0.25, 0.3) is 0 Å². The summed E-state index contributed by atoms with van der Waals surface area (Å²) in [6.07, 6.45) is 1.32. The first-order chi connectivity index (χ1) is 20.3. The highest BCUT2D eigenvalue weighted by molar-refractivity contribution is 6.31. The fourth-order valence-corrected chi connectivity index (χ4v) is 3.97. The van der Waals surface area contributed by atoms with Gasteiger partial charge in [0, 0.05) is 27.4 Å². The molecule has 2 N–H and O–H groups in total. The van der Waals surface area contributed by atoms with Crippen molar-refractivity contribution in [3.05, 3.63) is 112 Å². The number of ether oxygens (including phenoxy) is 4. The zero-order valence-electron chi connectivity index (χ0n) is 22.8. The van der Waals surface area contributed by atoms with E-state index < -0.39 is 17.8 Å². The number of carbonyl (C=O) groups is 3. The molecular formula is C31H26ClN3O7. The highest BCUT2D eigenvalue weighted by Crippen LogP contribution is 2.38. The van der Waals surface area contributed by atoms with E-state index in [1.54, 1.807) is 54.6 Å². The molecule has 214 valence electrons. The Balaban J connectivity index is 1.40. The molecule has 4 aromatic rings. The van der Waals surface area contributed by atoms with Crippen molar-refractivity contribution in [2.24, 2.45) is 5.10 Å². The number of amides is 2. The molecule has 0 saturated heterocycles. The molecule has 11 heteroatoms. The third kappa shape index (κ3) is 7.23. The number of nitrogens with zero attached hydrogens (tertiary/aromatic N) is 1. The van der Waals surface area contributed by atoms with Crippen molar-refractivity contribution in [3.63, 3.8) is 0 Å². The summed E-state index contributed by atoms with van der Waals surface area (Å²) in [5.74, 6) is -0.190. The molecule has 0 fully saturated rings. The van der Waals surface area contributed by atoms with Gasteiger partial charge in [0.05, 0.1) is 33.1 Å². The zero-order valence-corrected chi connectivity index (χ0v) is 23.6. The monoisotopic (exact) mass is 587 g/mol. The van der Waals surface area contributed by atoms with Gasteiger partial charge < -0.3 is 24.3 Å². The number of rotatable bonds is 10. The molecular weight excluding hydrogens is 562 g/mol. The van der Waals surface area contributed by atoms with Crippen molar-refractivity contribution in [1.82, 2.24) is 5.43 Å². The molecule has 4 rings (SSSR count). The lowest BCUT2D eigenvalue weighted by Crippen LogP contribution is -2.18. The topological polar surface area (TPSA) is 125 Å². The smallest absolute Gasteiger partial charge is 0.343 e. The van der Waals surface area contributed by atoms with Crippen molar-refractivity contribution >= 4 is 41.3 Å². The van der Waals surface area contributed by atoms with Crippen LogP contribution in [0.2, 0.25) is 5.02 Å². The van der Waals surface area contributed by atoms with Gasteiger partial charge in [-0.1, -0.05) is 29.8 Å². The fourth-order valence-electron chi connectivity index (χ4n) is 3.79. The van der Waals surface area contributed by atoms with Gasteiger partial charge in [-0.05, 0) is 66.7 Å². The molecule has 0 heterocycles. The van der Waals surface area contributed by atoms with E-state index in [1.807, 2.05) is 0 Å². The minimum atomic E-state index is -0.547. The summed E-state index contributed by atoms with van der Waals surface area (Å²) >= 11 is 6.10. The SMILES string of the molecule is COc1cc(C(=O)Nc2ccc(C(=O)N/N=C/c3cc(Cl)ccc3OC(=O)c3ccccc3)cc2)cc(OC)c1OC. The van der Waals surface area contributed by atoms with Crippen molar-refractivity contribution < 1.29 is 33.3 Å². The number of nitrogens with one attached hydrogen (secondary N) is 2. The molecule has 42 heavy (non-hydrogen) atoms. The van der Waals surface area contributed by atoms with E-state index in [1.165, 1.54) is 57.9 Å². The second-order valence-corrected chi connectivity index (χ2v) is 9.02. The predicted octanol–water partition coefficient (Wildman–Crippen LogP) is 5.60. The van der Waals surface area contributed by atoms with Gasteiger partial charge in [0.15, 0.2) is 11.5 Å². The molecule has 0 radical (unpaired) electrons. The van der Waals surface area contributed by atoms with E-state index in [0.717, 1.165) is 0 Å². The number of hydrazone groups is 1. The molecule has 10 nitrogen and oxygen atoms in total. The Morgan fingerprint density at radius 3 is 2.00 bits per heavy atom. The molecule has 2 amide bonds. The normalized spacial score (nSPS) is 10.6. The van der Waals surface area contributed by atoms with Crippen LogP contribution < -0.4 is 29.7 Å². The fraction of sp³-hybridized carbons (Fsp3) is 0.0968. The van der Waals surface area contributed by atoms with Gasteiger partial charge in [0.25, 0.3) is 11.8 Å². The Kier molecular flexibility index (Phi) is 9.75. The second kappa shape index (κ2) is 13.8. The van der Waals surface area contributed by atoms with Gasteiger partial charge in [-0.25, -0.2) is 10.2 Å². The average molecular weight is 588 g/mol. The number of methoxy groups -OCH3 is 3. The van der Waals surface area contributed by atoms with Gasteiger partial charge in [-0.2, -0.15) is 5.10 Å². The minimum Gasteiger partial charge on any atom is -0.493 e. The number of anilines is 1. The van der Waals surface area contributed by atoms with Crippen LogP contribution in [0.3, 0.4) is 0 Å². The summed E-state index contributed by atoms with van der Waals surface area (Å²) in [4.78, 5) is 37.9. The summed E-state index contributed by atoms with van der Waals surface area (Å²) in [5.41, 5.74) is 4.22. The van der Waals surface area contributed by atoms with Gasteiger partial charge in [0.2, 0.25) is 5.75 Å². The maximum Gasteiger partial charge on any atom is 0.343 e. The van der Waals surface area contributed by atoms with Crippen LogP contribution in [0.1, 0.15) is 36.6 Å². The number of hydrogen-bond donors (Lipinski definition) is 2. The molecule has 4 aromatic carbocycles. The molecule has 0 aliphatic carbocycles. The molecule has 0 unspecified atom stereocenters. The zero-order chi connectivity index (χ0) is 30.1. The lowest BCUT2D eigenvalue weighted by molar-refractivity contribution is 0.0734. The van der Waals surface area contributed by atoms with Gasteiger partial charge in [0.1, 0.15) is 5.75 Å². The van der Waals surface area contributed by atoms with E-state index in [0.29, 0.717) is 44.6 Å². The van der Waals surface area contributed by atoms with Gasteiger partial charge in [-0.3, -0.25) is 9.59 Å². The van der Waals surface area contributed by atoms with E-state index >= 15 is 0 Å². The average Bonchev–Trinajstić information content (AvgIpc) is 3.02. The Bertz CT molecular complexity index is 1600. The number of hydrogen-bond acceptors (Lipinski definition) is 8. The van der Waals surface area contributed by atoms with Crippen LogP contribution in [-0.2, 0) is 0 Å². The summed E-state index contributed by atoms with van der Waals surface area (Å²) in [6.45, 7) is 0. The van der Waals surface area contributed by atoms with Crippen LogP contribution in [0, 0.1) is 0 Å². The Morgan fingerprint density at radius 1 is 0.714 bits per heavy atom. The standard InChI is InChI=1S/C31H26ClN3O7/c1-39-26-16-21(17-27(40-2)28(26)41-3)29(36)34-24-12-9-19(10-13-24)30(37)35-33-18-22-15-23(32)11-14-25(22)42-31(38)20-7-5-4-6-8-20/h4-18H,1-3H3,(H,34,36)(H,35,37)/b33-18+. The van der Waals surface area contributed by atoms with Crippen molar-refractivity contribution in [3.8, 4) is 23.0 Å². The summed E-state index contributed by atoms with van der Waals surface area (Å²) in [6, 6.07) is 22.5. The van der Waals surface area contributed by atoms with Crippen LogP contribution in [0.15, 0.2) is 90.0 Å². The number of esters is 1. The Morgan fingerprint density at radius 2 is 1.38 bits per heavy atom. The maximum absolute atomic E-state index is 12.8. The van der Waals surface area contributed by atoms with Gasteiger partial charge in [-0.15, -0.1) is 0 Å². The molecule has 0 bridgehead atoms. The summed E-state index contributed by atoms with van der Waals surface area (Å²) in [7, 11) is 4.39. The summed E-state index contributed by atoms with van der Waals surface area (Å²) in [5, 5.41) is 7.14. The molecule has 0 aliphatic rings. The number of halogens is 1. The molecule has 0 aliphatic heterocycles. The maximum atomic E-state index is 12.8. The molecule has 0 atom stereocenters. The van der Waals surface area contributed by atoms with E-state index in [-0.39, 0.29) is 11.3 Å². The number of benzene rings is 4. The molecule has 0 saturated carbocycles. The van der Waals surface area contributed by atoms with Crippen molar-refractivity contribution in [2.75, 3.05) is 26.6 Å². The first kappa shape index (κ1) is 29.6. The Hall–Kier alpha value is -5.35. The lowest BCUT2D eigenvalue weighted by Gasteiger charge is -2.14. The quantitative estimate of drug-likeness (QED) is 0.107. The first-order valence-corrected chi connectivity index (χ1v) is 12.8. The molecule has 0 spiro atoms. The first-order valence-electron chi connectivity index (χ1n) is 12.4. The van der Waals surface area contributed by atoms with Gasteiger partial charge >= 0.3 is 5.97 Å². The van der Waals surface area contributed by atoms with Crippen LogP contribution in [-0.4, -0.2) is 45.3 Å². The second-order valence-electron chi connectivity index (χ2n) is 8.58. The highest BCUT2D eigenvalue weighted by atomic mass is 35.5. The van der Waals surface area contributed by atoms with Crippen LogP contribution in [0.5, 0.6) is 23.0 Å². The minimum absolute atomic E-state index is 0.221. The summed E-state index contributed by atoms with van der Waals surface area (Å²) < 4.78 is 21.4. The van der Waals surface area contributed by atoms with Crippen molar-refractivity contribution in [2.45, 2.75) is 0 Å². The third-order valence-corrected chi connectivity index (χ3v) is 6.12. The third-order valence-electron chi connectivity index (χ3n) is 5.89. The van der Waals surface area contributed by atoms with Crippen LogP contribution >= 0.6 is 11.6 Å². The largest absolute Gasteiger partial charge is 0.493 e. The predicted molar refractivity (Wildman–Crippen MR) is 158 cm³/mol. The van der Waals surface area contributed by atoms with E-state index in [4.69, 9.17) is 30.5 Å². The molecule has 0 aromatic heterocycles. The highest BCUT2D eigenvalue weighted by Gasteiger charge is 2.17. The van der Waals surface area contributed by atoms with E-state index in [2.05, 4.69) is 15.8 Å². The van der Waals surface area contributed by atoms with Crippen LogP contribution in [0.4, 0.5) is 5.69 Å². The van der Waals surface area contributed by atoms with Crippen molar-refractivity contribution in [1.29, 1.82) is 0 Å². The lowest BCUT2D eigenvalue weighted by atomic mass is 10.1. The number of carbonyl (C=O) groups excluding carboxylic acids is 3. The Labute approximate surface area is 246 Å². The van der Waals surface area contributed by atoms with E-state index in [9.17, 15) is 14.4 Å².